The van der Waals surface area contributed by atoms with Gasteiger partial charge >= 0.3 is 0 Å². The van der Waals surface area contributed by atoms with Crippen LogP contribution in [0.2, 0.25) is 5.02 Å². The van der Waals surface area contributed by atoms with E-state index in [9.17, 15) is 15.3 Å². The van der Waals surface area contributed by atoms with Crippen molar-refractivity contribution in [3.8, 4) is 0 Å². The van der Waals surface area contributed by atoms with Gasteiger partial charge in [0.25, 0.3) is 0 Å². The molecule has 0 saturated carbocycles. The number of nitrogen functional groups attached to an aromatic ring is 1. The second-order valence-electron chi connectivity index (χ2n) is 6.39. The maximum atomic E-state index is 10.4. The van der Waals surface area contributed by atoms with Crippen LogP contribution < -0.4 is 11.2 Å². The summed E-state index contributed by atoms with van der Waals surface area (Å²) in [5, 5.41) is 34.6. The summed E-state index contributed by atoms with van der Waals surface area (Å²) in [6.45, 7) is -0.462. The fraction of sp³-hybridized carbons (Fsp3) is 0.294. The van der Waals surface area contributed by atoms with Gasteiger partial charge in [0.1, 0.15) is 24.6 Å². The van der Waals surface area contributed by atoms with E-state index in [1.165, 1.54) is 10.9 Å². The molecule has 1 aliphatic heterocycles. The third-order valence-electron chi connectivity index (χ3n) is 4.53. The highest BCUT2D eigenvalue weighted by atomic mass is 35.5. The van der Waals surface area contributed by atoms with Crippen molar-refractivity contribution in [2.75, 3.05) is 17.8 Å². The number of aromatic nitrogens is 4. The van der Waals surface area contributed by atoms with Crippen LogP contribution in [0.5, 0.6) is 0 Å². The monoisotopic (exact) mass is 419 g/mol. The van der Waals surface area contributed by atoms with E-state index in [2.05, 4.69) is 25.5 Å². The fourth-order valence-corrected chi connectivity index (χ4v) is 3.18. The van der Waals surface area contributed by atoms with E-state index >= 15 is 0 Å². The van der Waals surface area contributed by atoms with Gasteiger partial charge in [-0.2, -0.15) is 5.10 Å². The van der Waals surface area contributed by atoms with Crippen molar-refractivity contribution >= 4 is 40.7 Å². The Hall–Kier alpha value is -2.83. The molecule has 29 heavy (non-hydrogen) atoms. The summed E-state index contributed by atoms with van der Waals surface area (Å²) >= 11 is 5.87. The molecule has 3 aromatic rings. The molecule has 4 atom stereocenters. The lowest BCUT2D eigenvalue weighted by atomic mass is 10.1. The minimum absolute atomic E-state index is 0.130. The molecule has 6 N–H and O–H groups in total. The molecule has 0 bridgehead atoms. The molecular weight excluding hydrogens is 402 g/mol. The second-order valence-corrected chi connectivity index (χ2v) is 6.82. The Labute approximate surface area is 169 Å². The van der Waals surface area contributed by atoms with Gasteiger partial charge in [-0.25, -0.2) is 20.4 Å². The highest BCUT2D eigenvalue weighted by Gasteiger charge is 2.45. The number of fused-ring (bicyclic) bond motifs is 1. The largest absolute Gasteiger partial charge is 0.394 e. The molecular formula is C17H18ClN7O4. The van der Waals surface area contributed by atoms with E-state index in [0.29, 0.717) is 5.02 Å². The van der Waals surface area contributed by atoms with Crippen molar-refractivity contribution in [1.82, 2.24) is 19.5 Å². The van der Waals surface area contributed by atoms with Gasteiger partial charge in [0.2, 0.25) is 5.95 Å². The van der Waals surface area contributed by atoms with Crippen LogP contribution in [0.25, 0.3) is 11.2 Å². The van der Waals surface area contributed by atoms with Crippen LogP contribution in [0, 0.1) is 0 Å². The Morgan fingerprint density at radius 3 is 2.69 bits per heavy atom. The number of benzene rings is 1. The maximum Gasteiger partial charge on any atom is 0.228 e. The van der Waals surface area contributed by atoms with Crippen molar-refractivity contribution in [3.05, 3.63) is 41.2 Å². The number of ether oxygens (including phenoxy) is 1. The molecule has 4 rings (SSSR count). The summed E-state index contributed by atoms with van der Waals surface area (Å²) in [7, 11) is 0. The van der Waals surface area contributed by atoms with Crippen LogP contribution in [-0.2, 0) is 4.74 Å². The van der Waals surface area contributed by atoms with Gasteiger partial charge in [0.05, 0.1) is 12.8 Å². The molecule has 1 aromatic carbocycles. The second kappa shape index (κ2) is 7.89. The average molecular weight is 420 g/mol. The van der Waals surface area contributed by atoms with Crippen LogP contribution in [0.4, 0.5) is 11.8 Å². The number of hydrazone groups is 1. The Bertz CT molecular complexity index is 1040. The first-order valence-electron chi connectivity index (χ1n) is 8.65. The molecule has 11 nitrogen and oxygen atoms in total. The van der Waals surface area contributed by atoms with E-state index < -0.39 is 31.1 Å². The third-order valence-corrected chi connectivity index (χ3v) is 4.78. The molecule has 0 spiro atoms. The molecule has 0 unspecified atom stereocenters. The number of hydrogen-bond donors (Lipinski definition) is 5. The SMILES string of the molecule is Nc1ncnc2c1nc(NN=Cc1ccc(Cl)cc1)n2[C@H]1O[C@@H](CO)[C@@H](O)[C@@H]1O. The van der Waals surface area contributed by atoms with Gasteiger partial charge < -0.3 is 25.8 Å². The molecule has 1 saturated heterocycles. The van der Waals surface area contributed by atoms with Crippen LogP contribution in [0.15, 0.2) is 35.7 Å². The van der Waals surface area contributed by atoms with E-state index in [0.717, 1.165) is 5.56 Å². The van der Waals surface area contributed by atoms with Gasteiger partial charge in [-0.3, -0.25) is 4.57 Å². The third kappa shape index (κ3) is 3.61. The minimum Gasteiger partial charge on any atom is -0.394 e. The Morgan fingerprint density at radius 2 is 2.00 bits per heavy atom. The number of anilines is 2. The molecule has 1 fully saturated rings. The van der Waals surface area contributed by atoms with Crippen LogP contribution in [0.3, 0.4) is 0 Å². The molecule has 2 aromatic heterocycles. The summed E-state index contributed by atoms with van der Waals surface area (Å²) < 4.78 is 7.02. The number of aliphatic hydroxyl groups excluding tert-OH is 3. The minimum atomic E-state index is -1.33. The quantitative estimate of drug-likeness (QED) is 0.285. The topological polar surface area (TPSA) is 164 Å². The lowest BCUT2D eigenvalue weighted by Crippen LogP contribution is -2.33. The number of rotatable bonds is 5. The summed E-state index contributed by atoms with van der Waals surface area (Å²) in [6.07, 6.45) is -1.86. The van der Waals surface area contributed by atoms with E-state index in [1.807, 2.05) is 0 Å². The maximum absolute atomic E-state index is 10.4. The van der Waals surface area contributed by atoms with Crippen LogP contribution in [-0.4, -0.2) is 66.0 Å². The van der Waals surface area contributed by atoms with Gasteiger partial charge in [0, 0.05) is 5.02 Å². The number of hydrogen-bond acceptors (Lipinski definition) is 10. The predicted octanol–water partition coefficient (Wildman–Crippen LogP) is 0.119. The smallest absolute Gasteiger partial charge is 0.228 e. The molecule has 0 aliphatic carbocycles. The number of imidazole rings is 1. The fourth-order valence-electron chi connectivity index (χ4n) is 3.05. The Balaban J connectivity index is 1.71. The van der Waals surface area contributed by atoms with E-state index in [-0.39, 0.29) is 22.9 Å². The zero-order valence-electron chi connectivity index (χ0n) is 14.9. The first-order chi connectivity index (χ1) is 14.0. The first-order valence-corrected chi connectivity index (χ1v) is 9.03. The van der Waals surface area contributed by atoms with Gasteiger partial charge in [-0.15, -0.1) is 0 Å². The molecule has 152 valence electrons. The summed E-state index contributed by atoms with van der Waals surface area (Å²) in [4.78, 5) is 12.4. The molecule has 0 amide bonds. The lowest BCUT2D eigenvalue weighted by molar-refractivity contribution is -0.0501. The predicted molar refractivity (Wildman–Crippen MR) is 105 cm³/mol. The zero-order valence-corrected chi connectivity index (χ0v) is 15.7. The molecule has 0 radical (unpaired) electrons. The van der Waals surface area contributed by atoms with Crippen molar-refractivity contribution in [3.63, 3.8) is 0 Å². The molecule has 3 heterocycles. The zero-order chi connectivity index (χ0) is 20.5. The number of nitrogens with zero attached hydrogens (tertiary/aromatic N) is 5. The van der Waals surface area contributed by atoms with Crippen molar-refractivity contribution in [2.24, 2.45) is 5.10 Å². The highest BCUT2D eigenvalue weighted by molar-refractivity contribution is 6.30. The number of aliphatic hydroxyl groups is 3. The highest BCUT2D eigenvalue weighted by Crippen LogP contribution is 2.35. The van der Waals surface area contributed by atoms with Crippen LogP contribution in [0.1, 0.15) is 11.8 Å². The number of nitrogens with two attached hydrogens (primary N) is 1. The summed E-state index contributed by atoms with van der Waals surface area (Å²) in [6, 6.07) is 7.03. The van der Waals surface area contributed by atoms with E-state index in [1.54, 1.807) is 30.5 Å². The van der Waals surface area contributed by atoms with Gasteiger partial charge in [-0.05, 0) is 17.7 Å². The van der Waals surface area contributed by atoms with Crippen molar-refractivity contribution in [2.45, 2.75) is 24.5 Å². The van der Waals surface area contributed by atoms with Gasteiger partial charge in [0.15, 0.2) is 23.2 Å². The Morgan fingerprint density at radius 1 is 1.24 bits per heavy atom. The average Bonchev–Trinajstić information content (AvgIpc) is 3.22. The Kier molecular flexibility index (Phi) is 5.30. The summed E-state index contributed by atoms with van der Waals surface area (Å²) in [5.41, 5.74) is 9.99. The lowest BCUT2D eigenvalue weighted by Gasteiger charge is -2.18. The number of halogens is 1. The van der Waals surface area contributed by atoms with E-state index in [4.69, 9.17) is 22.1 Å². The first kappa shape index (κ1) is 19.5. The van der Waals surface area contributed by atoms with Gasteiger partial charge in [-0.1, -0.05) is 23.7 Å². The van der Waals surface area contributed by atoms with Crippen molar-refractivity contribution < 1.29 is 20.1 Å². The summed E-state index contributed by atoms with van der Waals surface area (Å²) in [5.74, 6) is 0.289. The standard InChI is InChI=1S/C17H18ClN7O4/c18-9-3-1-8(2-4-9)5-22-24-17-23-11-14(19)20-7-21-15(11)25(17)16-13(28)12(27)10(6-26)29-16/h1-5,7,10,12-13,16,26-28H,6H2,(H,23,24)(H2,19,20,21)/t10-,12+,13-,16-/m0/s1. The van der Waals surface area contributed by atoms with Crippen molar-refractivity contribution in [1.29, 1.82) is 0 Å². The normalized spacial score (nSPS) is 24.6. The van der Waals surface area contributed by atoms with Crippen LogP contribution >= 0.6 is 11.6 Å². The molecule has 1 aliphatic rings. The molecule has 12 heteroatoms. The number of nitrogens with one attached hydrogen (secondary N) is 1.